The van der Waals surface area contributed by atoms with Gasteiger partial charge in [-0.15, -0.1) is 0 Å². The molecular weight excluding hydrogens is 364 g/mol. The Hall–Kier alpha value is -2.43. The minimum Gasteiger partial charge on any atom is -0.478 e. The molecule has 2 N–H and O–H groups in total. The number of rotatable bonds is 8. The fraction of sp³-hybridized carbons (Fsp3) is 0.400. The van der Waals surface area contributed by atoms with Crippen LogP contribution in [-0.2, 0) is 17.6 Å². The maximum atomic E-state index is 11.0. The van der Waals surface area contributed by atoms with E-state index in [1.165, 1.54) is 0 Å². The number of aryl methyl sites for hydroxylation is 1. The van der Waals surface area contributed by atoms with Crippen LogP contribution in [0.1, 0.15) is 40.7 Å². The molecule has 5 atom stereocenters. The van der Waals surface area contributed by atoms with E-state index in [4.69, 9.17) is 9.84 Å². The molecule has 2 fully saturated rings. The lowest BCUT2D eigenvalue weighted by molar-refractivity contribution is 0.0697. The highest BCUT2D eigenvalue weighted by Gasteiger charge is 2.47. The number of fused-ring (bicyclic) bond motifs is 2. The summed E-state index contributed by atoms with van der Waals surface area (Å²) in [4.78, 5) is 11.0. The first-order valence-electron chi connectivity index (χ1n) is 10.5. The van der Waals surface area contributed by atoms with E-state index in [-0.39, 0.29) is 6.10 Å². The molecule has 0 radical (unpaired) electrons. The zero-order valence-electron chi connectivity index (χ0n) is 16.5. The van der Waals surface area contributed by atoms with Crippen molar-refractivity contribution in [1.29, 1.82) is 0 Å². The van der Waals surface area contributed by atoms with E-state index in [1.54, 1.807) is 12.1 Å². The molecular formula is C25H28O4. The number of aromatic carboxylic acids is 1. The topological polar surface area (TPSA) is 66.8 Å². The maximum absolute atomic E-state index is 11.0. The second-order valence-electron chi connectivity index (χ2n) is 8.21. The minimum absolute atomic E-state index is 0.263. The van der Waals surface area contributed by atoms with Gasteiger partial charge in [-0.1, -0.05) is 54.6 Å². The van der Waals surface area contributed by atoms with E-state index in [0.29, 0.717) is 29.9 Å². The largest absolute Gasteiger partial charge is 0.478 e. The average molecular weight is 392 g/mol. The molecule has 0 spiro atoms. The molecule has 0 saturated carbocycles. The number of aliphatic hydroxyl groups is 1. The van der Waals surface area contributed by atoms with Gasteiger partial charge in [0.05, 0.1) is 23.9 Å². The first-order valence-corrected chi connectivity index (χ1v) is 10.5. The van der Waals surface area contributed by atoms with Crippen molar-refractivity contribution in [2.75, 3.05) is 0 Å². The van der Waals surface area contributed by atoms with E-state index in [1.807, 2.05) is 48.5 Å². The van der Waals surface area contributed by atoms with E-state index in [2.05, 4.69) is 6.08 Å². The van der Waals surface area contributed by atoms with Gasteiger partial charge in [0.2, 0.25) is 0 Å². The van der Waals surface area contributed by atoms with Gasteiger partial charge in [0.15, 0.2) is 0 Å². The SMILES string of the molecule is O=C(O)c1ccc(CC[C@H]2[C@H](C=CC(O)Cc3ccccc3)[C@@H]3CC[C@H]2O3)cc1. The van der Waals surface area contributed by atoms with Gasteiger partial charge < -0.3 is 14.9 Å². The fourth-order valence-corrected chi connectivity index (χ4v) is 4.78. The molecule has 2 aromatic carbocycles. The van der Waals surface area contributed by atoms with Crippen molar-refractivity contribution in [2.24, 2.45) is 11.8 Å². The van der Waals surface area contributed by atoms with Crippen LogP contribution in [0.5, 0.6) is 0 Å². The summed E-state index contributed by atoms with van der Waals surface area (Å²) in [6.07, 6.45) is 8.96. The number of benzene rings is 2. The lowest BCUT2D eigenvalue weighted by Crippen LogP contribution is -2.26. The third-order valence-corrected chi connectivity index (χ3v) is 6.30. The lowest BCUT2D eigenvalue weighted by Gasteiger charge is -2.26. The summed E-state index contributed by atoms with van der Waals surface area (Å²) in [7, 11) is 0. The molecule has 4 nitrogen and oxygen atoms in total. The van der Waals surface area contributed by atoms with E-state index >= 15 is 0 Å². The van der Waals surface area contributed by atoms with Crippen molar-refractivity contribution in [3.8, 4) is 0 Å². The number of hydrogen-bond acceptors (Lipinski definition) is 3. The smallest absolute Gasteiger partial charge is 0.335 e. The van der Waals surface area contributed by atoms with E-state index < -0.39 is 12.1 Å². The van der Waals surface area contributed by atoms with Gasteiger partial charge >= 0.3 is 5.97 Å². The van der Waals surface area contributed by atoms with Crippen LogP contribution >= 0.6 is 0 Å². The summed E-state index contributed by atoms with van der Waals surface area (Å²) in [6, 6.07) is 17.2. The molecule has 1 unspecified atom stereocenters. The van der Waals surface area contributed by atoms with Gasteiger partial charge in [-0.3, -0.25) is 0 Å². The summed E-state index contributed by atoms with van der Waals surface area (Å²) < 4.78 is 6.18. The monoisotopic (exact) mass is 392 g/mol. The first-order chi connectivity index (χ1) is 14.1. The molecule has 4 rings (SSSR count). The Bertz CT molecular complexity index is 843. The van der Waals surface area contributed by atoms with Gasteiger partial charge in [-0.2, -0.15) is 0 Å². The Labute approximate surface area is 171 Å². The molecule has 2 bridgehead atoms. The summed E-state index contributed by atoms with van der Waals surface area (Å²) in [5.41, 5.74) is 2.62. The average Bonchev–Trinajstić information content (AvgIpc) is 3.33. The highest BCUT2D eigenvalue weighted by Crippen LogP contribution is 2.46. The fourth-order valence-electron chi connectivity index (χ4n) is 4.78. The van der Waals surface area contributed by atoms with Crippen molar-refractivity contribution in [2.45, 2.75) is 50.4 Å². The van der Waals surface area contributed by atoms with E-state index in [9.17, 15) is 9.90 Å². The second kappa shape index (κ2) is 8.93. The van der Waals surface area contributed by atoms with Gasteiger partial charge in [0.25, 0.3) is 0 Å². The molecule has 152 valence electrons. The molecule has 2 saturated heterocycles. The van der Waals surface area contributed by atoms with Crippen LogP contribution in [0, 0.1) is 11.8 Å². The van der Waals surface area contributed by atoms with Crippen LogP contribution in [0.2, 0.25) is 0 Å². The van der Waals surface area contributed by atoms with Gasteiger partial charge in [-0.25, -0.2) is 4.79 Å². The van der Waals surface area contributed by atoms with E-state index in [0.717, 1.165) is 36.8 Å². The number of aliphatic hydroxyl groups excluding tert-OH is 1. The zero-order chi connectivity index (χ0) is 20.2. The third-order valence-electron chi connectivity index (χ3n) is 6.30. The zero-order valence-corrected chi connectivity index (χ0v) is 16.5. The summed E-state index contributed by atoms with van der Waals surface area (Å²) >= 11 is 0. The van der Waals surface area contributed by atoms with Crippen molar-refractivity contribution in [3.05, 3.63) is 83.4 Å². The van der Waals surface area contributed by atoms with Crippen LogP contribution in [0.3, 0.4) is 0 Å². The summed E-state index contributed by atoms with van der Waals surface area (Å²) in [5.74, 6) is -0.0946. The normalized spacial score (nSPS) is 26.8. The molecule has 2 aliphatic heterocycles. The molecule has 2 aromatic rings. The number of ether oxygens (including phenoxy) is 1. The Morgan fingerprint density at radius 2 is 1.76 bits per heavy atom. The minimum atomic E-state index is -0.891. The van der Waals surface area contributed by atoms with Crippen LogP contribution < -0.4 is 0 Å². The number of carboxylic acid groups (broad SMARTS) is 1. The van der Waals surface area contributed by atoms with Crippen molar-refractivity contribution in [1.82, 2.24) is 0 Å². The molecule has 2 heterocycles. The predicted molar refractivity (Wildman–Crippen MR) is 112 cm³/mol. The molecule has 29 heavy (non-hydrogen) atoms. The Morgan fingerprint density at radius 3 is 2.48 bits per heavy atom. The molecule has 0 aliphatic carbocycles. The third kappa shape index (κ3) is 4.77. The van der Waals surface area contributed by atoms with Crippen molar-refractivity contribution in [3.63, 3.8) is 0 Å². The first kappa shape index (κ1) is 19.9. The van der Waals surface area contributed by atoms with Crippen LogP contribution in [0.15, 0.2) is 66.7 Å². The van der Waals surface area contributed by atoms with Crippen LogP contribution in [-0.4, -0.2) is 34.5 Å². The lowest BCUT2D eigenvalue weighted by atomic mass is 9.76. The van der Waals surface area contributed by atoms with Crippen LogP contribution in [0.4, 0.5) is 0 Å². The number of carboxylic acids is 1. The molecule has 0 aromatic heterocycles. The van der Waals surface area contributed by atoms with Crippen molar-refractivity contribution >= 4 is 5.97 Å². The Kier molecular flexibility index (Phi) is 6.12. The summed E-state index contributed by atoms with van der Waals surface area (Å²) in [5, 5.41) is 19.5. The standard InChI is InChI=1S/C25H28O4/c26-20(16-18-4-2-1-3-5-18)11-13-22-21(23-14-15-24(22)29-23)12-8-17-6-9-19(10-7-17)25(27)28/h1-7,9-11,13,20-24,26H,8,12,14-16H2,(H,27,28)/t20?,21-,22-,23+,24-/m0/s1. The van der Waals surface area contributed by atoms with Gasteiger partial charge in [0, 0.05) is 12.3 Å². The molecule has 0 amide bonds. The van der Waals surface area contributed by atoms with Crippen LogP contribution in [0.25, 0.3) is 0 Å². The predicted octanol–water partition coefficient (Wildman–Crippen LogP) is 4.27. The summed E-state index contributed by atoms with van der Waals surface area (Å²) in [6.45, 7) is 0. The number of carbonyl (C=O) groups is 1. The number of hydrogen-bond donors (Lipinski definition) is 2. The van der Waals surface area contributed by atoms with Gasteiger partial charge in [0.1, 0.15) is 0 Å². The van der Waals surface area contributed by atoms with Crippen molar-refractivity contribution < 1.29 is 19.7 Å². The quantitative estimate of drug-likeness (QED) is 0.659. The Morgan fingerprint density at radius 1 is 1.03 bits per heavy atom. The maximum Gasteiger partial charge on any atom is 0.335 e. The highest BCUT2D eigenvalue weighted by molar-refractivity contribution is 5.87. The second-order valence-corrected chi connectivity index (χ2v) is 8.21. The molecule has 2 aliphatic rings. The Balaban J connectivity index is 1.36. The highest BCUT2D eigenvalue weighted by atomic mass is 16.5. The molecule has 4 heteroatoms. The van der Waals surface area contributed by atoms with Gasteiger partial charge in [-0.05, 0) is 54.9 Å².